The van der Waals surface area contributed by atoms with Crippen LogP contribution in [-0.4, -0.2) is 18.5 Å². The maximum Gasteiger partial charge on any atom is 0.220 e. The summed E-state index contributed by atoms with van der Waals surface area (Å²) < 4.78 is 0. The third kappa shape index (κ3) is 4.80. The molecule has 4 heteroatoms. The third-order valence-corrected chi connectivity index (χ3v) is 4.14. The molecule has 1 saturated carbocycles. The highest BCUT2D eigenvalue weighted by Crippen LogP contribution is 2.26. The highest BCUT2D eigenvalue weighted by Gasteiger charge is 2.25. The highest BCUT2D eigenvalue weighted by molar-refractivity contribution is 5.85. The van der Waals surface area contributed by atoms with Crippen LogP contribution in [0.15, 0.2) is 24.3 Å². The largest absolute Gasteiger partial charge is 0.356 e. The number of halogens is 1. The number of carbonyl (C=O) groups excluding carboxylic acids is 1. The first-order valence-corrected chi connectivity index (χ1v) is 7.23. The zero-order valence-corrected chi connectivity index (χ0v) is 12.9. The second-order valence-electron chi connectivity index (χ2n) is 5.59. The van der Waals surface area contributed by atoms with Gasteiger partial charge < -0.3 is 11.1 Å². The van der Waals surface area contributed by atoms with Crippen molar-refractivity contribution < 1.29 is 4.79 Å². The van der Waals surface area contributed by atoms with Gasteiger partial charge in [-0.05, 0) is 43.2 Å². The molecule has 112 valence electrons. The quantitative estimate of drug-likeness (QED) is 0.877. The Bertz CT molecular complexity index is 436. The van der Waals surface area contributed by atoms with Crippen LogP contribution in [0.4, 0.5) is 0 Å². The zero-order chi connectivity index (χ0) is 13.7. The lowest BCUT2D eigenvalue weighted by Crippen LogP contribution is -2.32. The molecule has 1 amide bonds. The molecule has 0 heterocycles. The Balaban J connectivity index is 0.00000200. The van der Waals surface area contributed by atoms with Gasteiger partial charge in [0.15, 0.2) is 0 Å². The van der Waals surface area contributed by atoms with Gasteiger partial charge >= 0.3 is 0 Å². The molecule has 0 radical (unpaired) electrons. The van der Waals surface area contributed by atoms with E-state index in [1.54, 1.807) is 0 Å². The molecule has 3 nitrogen and oxygen atoms in total. The molecular formula is C16H25ClN2O. The van der Waals surface area contributed by atoms with Crippen LogP contribution in [0.25, 0.3) is 0 Å². The number of nitrogens with two attached hydrogens (primary N) is 1. The van der Waals surface area contributed by atoms with Crippen LogP contribution in [0, 0.1) is 12.8 Å². The average molecular weight is 297 g/mol. The van der Waals surface area contributed by atoms with Crippen molar-refractivity contribution >= 4 is 18.3 Å². The molecule has 0 bridgehead atoms. The first-order valence-electron chi connectivity index (χ1n) is 7.23. The number of nitrogens with one attached hydrogen (secondary N) is 1. The fourth-order valence-corrected chi connectivity index (χ4v) is 2.86. The monoisotopic (exact) mass is 296 g/mol. The number of hydrogen-bond acceptors (Lipinski definition) is 2. The van der Waals surface area contributed by atoms with E-state index in [9.17, 15) is 4.79 Å². The molecule has 1 aliphatic rings. The van der Waals surface area contributed by atoms with E-state index in [4.69, 9.17) is 5.73 Å². The van der Waals surface area contributed by atoms with E-state index >= 15 is 0 Å². The second-order valence-corrected chi connectivity index (χ2v) is 5.59. The molecule has 0 aromatic heterocycles. The Morgan fingerprint density at radius 1 is 1.35 bits per heavy atom. The maximum atomic E-state index is 11.9. The van der Waals surface area contributed by atoms with Gasteiger partial charge in [0.2, 0.25) is 5.91 Å². The van der Waals surface area contributed by atoms with E-state index in [1.807, 2.05) is 12.1 Å². The molecule has 0 saturated heterocycles. The topological polar surface area (TPSA) is 55.1 Å². The van der Waals surface area contributed by atoms with Gasteiger partial charge in [0, 0.05) is 19.0 Å². The van der Waals surface area contributed by atoms with Gasteiger partial charge in [-0.2, -0.15) is 0 Å². The van der Waals surface area contributed by atoms with E-state index in [2.05, 4.69) is 24.4 Å². The summed E-state index contributed by atoms with van der Waals surface area (Å²) in [5, 5.41) is 3.01. The Labute approximate surface area is 127 Å². The molecule has 0 aliphatic heterocycles. The lowest BCUT2D eigenvalue weighted by molar-refractivity contribution is -0.122. The summed E-state index contributed by atoms with van der Waals surface area (Å²) in [5.41, 5.74) is 8.58. The third-order valence-electron chi connectivity index (χ3n) is 4.14. The molecule has 2 atom stereocenters. The molecule has 0 spiro atoms. The second kappa shape index (κ2) is 8.28. The predicted octanol–water partition coefficient (Wildman–Crippen LogP) is 2.59. The van der Waals surface area contributed by atoms with Crippen molar-refractivity contribution in [1.29, 1.82) is 0 Å². The number of hydrogen-bond donors (Lipinski definition) is 2. The van der Waals surface area contributed by atoms with Gasteiger partial charge in [0.05, 0.1) is 0 Å². The van der Waals surface area contributed by atoms with Crippen molar-refractivity contribution in [2.75, 3.05) is 6.54 Å². The summed E-state index contributed by atoms with van der Waals surface area (Å²) in [6.45, 7) is 2.82. The Morgan fingerprint density at radius 2 is 2.10 bits per heavy atom. The van der Waals surface area contributed by atoms with Crippen LogP contribution >= 0.6 is 12.4 Å². The molecular weight excluding hydrogens is 272 g/mol. The van der Waals surface area contributed by atoms with Crippen molar-refractivity contribution in [2.24, 2.45) is 11.7 Å². The minimum atomic E-state index is 0. The van der Waals surface area contributed by atoms with Crippen LogP contribution in [0.1, 0.15) is 36.8 Å². The SMILES string of the molecule is Cc1ccccc1CCNC(=O)C[C@@H]1CCC[C@H]1N.Cl. The van der Waals surface area contributed by atoms with Crippen LogP contribution in [-0.2, 0) is 11.2 Å². The first kappa shape index (κ1) is 17.0. The summed E-state index contributed by atoms with van der Waals surface area (Å²) in [7, 11) is 0. The summed E-state index contributed by atoms with van der Waals surface area (Å²) >= 11 is 0. The van der Waals surface area contributed by atoms with Gasteiger partial charge in [0.25, 0.3) is 0 Å². The molecule has 0 unspecified atom stereocenters. The standard InChI is InChI=1S/C16H24N2O.ClH/c1-12-5-2-3-6-13(12)9-10-18-16(19)11-14-7-4-8-15(14)17;/h2-3,5-6,14-15H,4,7-11,17H2,1H3,(H,18,19);1H/t14-,15+;/m0./s1. The lowest BCUT2D eigenvalue weighted by Gasteiger charge is -2.15. The Hall–Kier alpha value is -1.06. The van der Waals surface area contributed by atoms with Gasteiger partial charge in [-0.1, -0.05) is 30.7 Å². The van der Waals surface area contributed by atoms with Crippen molar-refractivity contribution in [1.82, 2.24) is 5.32 Å². The smallest absolute Gasteiger partial charge is 0.220 e. The Kier molecular flexibility index (Phi) is 7.03. The first-order chi connectivity index (χ1) is 9.16. The predicted molar refractivity (Wildman–Crippen MR) is 85.1 cm³/mol. The summed E-state index contributed by atoms with van der Waals surface area (Å²) in [6.07, 6.45) is 4.83. The normalized spacial score (nSPS) is 21.3. The van der Waals surface area contributed by atoms with Crippen LogP contribution in [0.3, 0.4) is 0 Å². The van der Waals surface area contributed by atoms with Crippen molar-refractivity contribution in [3.63, 3.8) is 0 Å². The van der Waals surface area contributed by atoms with Crippen molar-refractivity contribution in [3.8, 4) is 0 Å². The van der Waals surface area contributed by atoms with Gasteiger partial charge in [-0.3, -0.25) is 4.79 Å². The molecule has 1 aromatic rings. The molecule has 2 rings (SSSR count). The number of amides is 1. The van der Waals surface area contributed by atoms with E-state index in [0.717, 1.165) is 19.3 Å². The lowest BCUT2D eigenvalue weighted by atomic mass is 10.00. The molecule has 3 N–H and O–H groups in total. The fraction of sp³-hybridized carbons (Fsp3) is 0.562. The van der Waals surface area contributed by atoms with E-state index in [1.165, 1.54) is 17.5 Å². The summed E-state index contributed by atoms with van der Waals surface area (Å²) in [5.74, 6) is 0.536. The number of benzene rings is 1. The van der Waals surface area contributed by atoms with Crippen LogP contribution in [0.2, 0.25) is 0 Å². The molecule has 1 aliphatic carbocycles. The number of rotatable bonds is 5. The van der Waals surface area contributed by atoms with Gasteiger partial charge in [-0.15, -0.1) is 12.4 Å². The zero-order valence-electron chi connectivity index (χ0n) is 12.1. The van der Waals surface area contributed by atoms with Crippen LogP contribution < -0.4 is 11.1 Å². The number of carbonyl (C=O) groups is 1. The van der Waals surface area contributed by atoms with Gasteiger partial charge in [-0.25, -0.2) is 0 Å². The highest BCUT2D eigenvalue weighted by atomic mass is 35.5. The molecule has 1 fully saturated rings. The van der Waals surface area contributed by atoms with Crippen molar-refractivity contribution in [2.45, 2.75) is 45.1 Å². The molecule has 20 heavy (non-hydrogen) atoms. The maximum absolute atomic E-state index is 11.9. The van der Waals surface area contributed by atoms with E-state index in [0.29, 0.717) is 18.9 Å². The summed E-state index contributed by atoms with van der Waals surface area (Å²) in [4.78, 5) is 11.9. The number of aryl methyl sites for hydroxylation is 1. The average Bonchev–Trinajstić information content (AvgIpc) is 2.77. The van der Waals surface area contributed by atoms with E-state index < -0.39 is 0 Å². The van der Waals surface area contributed by atoms with Crippen LogP contribution in [0.5, 0.6) is 0 Å². The van der Waals surface area contributed by atoms with E-state index in [-0.39, 0.29) is 24.4 Å². The molecule has 1 aromatic carbocycles. The van der Waals surface area contributed by atoms with Crippen molar-refractivity contribution in [3.05, 3.63) is 35.4 Å². The minimum absolute atomic E-state index is 0. The fourth-order valence-electron chi connectivity index (χ4n) is 2.86. The minimum Gasteiger partial charge on any atom is -0.356 e. The Morgan fingerprint density at radius 3 is 2.75 bits per heavy atom. The summed E-state index contributed by atoms with van der Waals surface area (Å²) in [6, 6.07) is 8.53. The van der Waals surface area contributed by atoms with Gasteiger partial charge in [0.1, 0.15) is 0 Å².